The molecule has 0 spiro atoms. The van der Waals surface area contributed by atoms with Crippen LogP contribution < -0.4 is 5.32 Å². The Labute approximate surface area is 123 Å². The summed E-state index contributed by atoms with van der Waals surface area (Å²) in [6.45, 7) is 5.73. The van der Waals surface area contributed by atoms with E-state index in [1.807, 2.05) is 35.9 Å². The van der Waals surface area contributed by atoms with Gasteiger partial charge in [-0.15, -0.1) is 0 Å². The van der Waals surface area contributed by atoms with Crippen LogP contribution in [0, 0.1) is 0 Å². The minimum Gasteiger partial charge on any atom is -0.305 e. The van der Waals surface area contributed by atoms with Crippen molar-refractivity contribution in [2.45, 2.75) is 26.4 Å². The number of aromatic nitrogens is 2. The molecule has 3 nitrogen and oxygen atoms in total. The fourth-order valence-corrected chi connectivity index (χ4v) is 2.62. The highest BCUT2D eigenvalue weighted by Gasteiger charge is 2.21. The quantitative estimate of drug-likeness (QED) is 0.907. The van der Waals surface area contributed by atoms with E-state index in [0.29, 0.717) is 5.02 Å². The van der Waals surface area contributed by atoms with Crippen LogP contribution >= 0.6 is 23.2 Å². The fourth-order valence-electron chi connectivity index (χ4n) is 2.17. The molecule has 0 aliphatic rings. The van der Waals surface area contributed by atoms with E-state index in [-0.39, 0.29) is 6.04 Å². The molecule has 0 bridgehead atoms. The Morgan fingerprint density at radius 2 is 2.11 bits per heavy atom. The van der Waals surface area contributed by atoms with Crippen LogP contribution in [0.5, 0.6) is 0 Å². The first-order valence-corrected chi connectivity index (χ1v) is 7.13. The lowest BCUT2D eigenvalue weighted by Crippen LogP contribution is -2.25. The van der Waals surface area contributed by atoms with Crippen LogP contribution in [-0.2, 0) is 6.54 Å². The molecule has 2 aromatic rings. The second-order valence-corrected chi connectivity index (χ2v) is 5.08. The Kier molecular flexibility index (Phi) is 4.86. The molecule has 0 aliphatic carbocycles. The van der Waals surface area contributed by atoms with Crippen LogP contribution in [-0.4, -0.2) is 16.3 Å². The Morgan fingerprint density at radius 1 is 1.32 bits per heavy atom. The predicted molar refractivity (Wildman–Crippen MR) is 79.9 cm³/mol. The minimum atomic E-state index is -0.00125. The molecular weight excluding hydrogens is 281 g/mol. The summed E-state index contributed by atoms with van der Waals surface area (Å²) in [6.07, 6.45) is 1.69. The van der Waals surface area contributed by atoms with Crippen molar-refractivity contribution in [3.05, 3.63) is 51.8 Å². The van der Waals surface area contributed by atoms with E-state index >= 15 is 0 Å². The van der Waals surface area contributed by atoms with Gasteiger partial charge in [0.25, 0.3) is 0 Å². The van der Waals surface area contributed by atoms with Gasteiger partial charge in [0.1, 0.15) is 0 Å². The second kappa shape index (κ2) is 6.42. The summed E-state index contributed by atoms with van der Waals surface area (Å²) in [5.74, 6) is 0. The lowest BCUT2D eigenvalue weighted by molar-refractivity contribution is 0.542. The summed E-state index contributed by atoms with van der Waals surface area (Å²) in [6, 6.07) is 7.81. The molecule has 19 heavy (non-hydrogen) atoms. The lowest BCUT2D eigenvalue weighted by Gasteiger charge is -2.20. The van der Waals surface area contributed by atoms with Gasteiger partial charge in [0, 0.05) is 11.6 Å². The number of nitrogens with one attached hydrogen (secondary N) is 1. The first-order valence-electron chi connectivity index (χ1n) is 6.37. The number of halogens is 2. The van der Waals surface area contributed by atoms with E-state index in [2.05, 4.69) is 17.3 Å². The van der Waals surface area contributed by atoms with Crippen LogP contribution in [0.2, 0.25) is 10.0 Å². The number of hydrogen-bond acceptors (Lipinski definition) is 2. The molecule has 0 saturated carbocycles. The van der Waals surface area contributed by atoms with Gasteiger partial charge in [-0.2, -0.15) is 5.10 Å². The average Bonchev–Trinajstić information content (AvgIpc) is 2.77. The second-order valence-electron chi connectivity index (χ2n) is 4.24. The molecular formula is C14H17Cl2N3. The zero-order chi connectivity index (χ0) is 13.8. The van der Waals surface area contributed by atoms with Gasteiger partial charge in [0.2, 0.25) is 0 Å². The van der Waals surface area contributed by atoms with Crippen molar-refractivity contribution in [3.8, 4) is 0 Å². The third kappa shape index (κ3) is 3.11. The monoisotopic (exact) mass is 297 g/mol. The summed E-state index contributed by atoms with van der Waals surface area (Å²) in [4.78, 5) is 0. The van der Waals surface area contributed by atoms with Crippen molar-refractivity contribution in [1.29, 1.82) is 0 Å². The average molecular weight is 298 g/mol. The summed E-state index contributed by atoms with van der Waals surface area (Å²) in [5.41, 5.74) is 2.07. The third-order valence-electron chi connectivity index (χ3n) is 3.00. The van der Waals surface area contributed by atoms with Crippen molar-refractivity contribution in [3.63, 3.8) is 0 Å². The summed E-state index contributed by atoms with van der Waals surface area (Å²) >= 11 is 12.4. The Hall–Kier alpha value is -1.03. The standard InChI is InChI=1S/C14H17Cl2N3/c1-3-17-13(10-6-5-7-11(15)8-10)14-12(16)9-18-19(14)4-2/h5-9,13,17H,3-4H2,1-2H3. The lowest BCUT2D eigenvalue weighted by atomic mass is 10.0. The predicted octanol–water partition coefficient (Wildman–Crippen LogP) is 3.91. The molecule has 0 saturated heterocycles. The summed E-state index contributed by atoms with van der Waals surface area (Å²) < 4.78 is 1.91. The van der Waals surface area contributed by atoms with E-state index < -0.39 is 0 Å². The summed E-state index contributed by atoms with van der Waals surface area (Å²) in [7, 11) is 0. The topological polar surface area (TPSA) is 29.9 Å². The van der Waals surface area contributed by atoms with Gasteiger partial charge in [0.15, 0.2) is 0 Å². The fraction of sp³-hybridized carbons (Fsp3) is 0.357. The van der Waals surface area contributed by atoms with Gasteiger partial charge in [-0.1, -0.05) is 42.3 Å². The zero-order valence-corrected chi connectivity index (χ0v) is 12.5. The van der Waals surface area contributed by atoms with Gasteiger partial charge in [-0.05, 0) is 31.2 Å². The molecule has 1 heterocycles. The number of rotatable bonds is 5. The Morgan fingerprint density at radius 3 is 2.74 bits per heavy atom. The van der Waals surface area contributed by atoms with Gasteiger partial charge in [-0.3, -0.25) is 4.68 Å². The van der Waals surface area contributed by atoms with Crippen molar-refractivity contribution in [1.82, 2.24) is 15.1 Å². The normalized spacial score (nSPS) is 12.6. The zero-order valence-electron chi connectivity index (χ0n) is 11.0. The SMILES string of the molecule is CCNC(c1cccc(Cl)c1)c1c(Cl)cnn1CC. The molecule has 1 atom stereocenters. The minimum absolute atomic E-state index is 0.00125. The molecule has 102 valence electrons. The number of nitrogens with zero attached hydrogens (tertiary/aromatic N) is 2. The smallest absolute Gasteiger partial charge is 0.0837 e. The van der Waals surface area contributed by atoms with Crippen LogP contribution in [0.1, 0.15) is 31.1 Å². The largest absolute Gasteiger partial charge is 0.305 e. The summed E-state index contributed by atoms with van der Waals surface area (Å²) in [5, 5.41) is 9.13. The number of aryl methyl sites for hydroxylation is 1. The van der Waals surface area contributed by atoms with Gasteiger partial charge < -0.3 is 5.32 Å². The van der Waals surface area contributed by atoms with Crippen molar-refractivity contribution in [2.75, 3.05) is 6.54 Å². The Balaban J connectivity index is 2.48. The molecule has 1 unspecified atom stereocenters. The molecule has 1 N–H and O–H groups in total. The molecule has 1 aromatic heterocycles. The highest BCUT2D eigenvalue weighted by molar-refractivity contribution is 6.31. The molecule has 2 rings (SSSR count). The number of hydrogen-bond donors (Lipinski definition) is 1. The van der Waals surface area contributed by atoms with Crippen molar-refractivity contribution >= 4 is 23.2 Å². The van der Waals surface area contributed by atoms with Gasteiger partial charge in [0.05, 0.1) is 23.0 Å². The first kappa shape index (κ1) is 14.4. The Bertz CT molecular complexity index is 551. The highest BCUT2D eigenvalue weighted by atomic mass is 35.5. The van der Waals surface area contributed by atoms with Crippen LogP contribution in [0.15, 0.2) is 30.5 Å². The van der Waals surface area contributed by atoms with Crippen LogP contribution in [0.3, 0.4) is 0 Å². The first-order chi connectivity index (χ1) is 9.17. The van der Waals surface area contributed by atoms with E-state index in [1.54, 1.807) is 6.20 Å². The third-order valence-corrected chi connectivity index (χ3v) is 3.52. The molecule has 0 radical (unpaired) electrons. The molecule has 0 fully saturated rings. The van der Waals surface area contributed by atoms with E-state index in [1.165, 1.54) is 0 Å². The molecule has 0 amide bonds. The van der Waals surface area contributed by atoms with E-state index in [0.717, 1.165) is 29.4 Å². The highest BCUT2D eigenvalue weighted by Crippen LogP contribution is 2.29. The van der Waals surface area contributed by atoms with Gasteiger partial charge >= 0.3 is 0 Å². The van der Waals surface area contributed by atoms with E-state index in [9.17, 15) is 0 Å². The van der Waals surface area contributed by atoms with Crippen LogP contribution in [0.4, 0.5) is 0 Å². The van der Waals surface area contributed by atoms with Gasteiger partial charge in [-0.25, -0.2) is 0 Å². The number of benzene rings is 1. The maximum atomic E-state index is 6.29. The molecule has 1 aromatic carbocycles. The maximum absolute atomic E-state index is 6.29. The molecule has 0 aliphatic heterocycles. The van der Waals surface area contributed by atoms with E-state index in [4.69, 9.17) is 23.2 Å². The van der Waals surface area contributed by atoms with Crippen LogP contribution in [0.25, 0.3) is 0 Å². The molecule has 5 heteroatoms. The maximum Gasteiger partial charge on any atom is 0.0837 e. The van der Waals surface area contributed by atoms with Crippen molar-refractivity contribution in [2.24, 2.45) is 0 Å². The van der Waals surface area contributed by atoms with Crippen molar-refractivity contribution < 1.29 is 0 Å².